The minimum atomic E-state index is 0.984. The van der Waals surface area contributed by atoms with Crippen molar-refractivity contribution in [2.75, 3.05) is 0 Å². The molecule has 0 fully saturated rings. The van der Waals surface area contributed by atoms with E-state index in [0.29, 0.717) is 0 Å². The summed E-state index contributed by atoms with van der Waals surface area (Å²) in [5.41, 5.74) is 2.23. The van der Waals surface area contributed by atoms with Crippen molar-refractivity contribution in [1.82, 2.24) is 4.57 Å². The maximum Gasteiger partial charge on any atom is 0.0700 e. The first kappa shape index (κ1) is 13.9. The molecule has 0 saturated carbocycles. The third-order valence-corrected chi connectivity index (χ3v) is 7.85. The molecule has 0 aliphatic heterocycles. The van der Waals surface area contributed by atoms with E-state index in [1.807, 2.05) is 18.3 Å². The molecule has 3 aromatic rings. The van der Waals surface area contributed by atoms with Gasteiger partial charge in [0.15, 0.2) is 0 Å². The van der Waals surface area contributed by atoms with Crippen LogP contribution in [0.5, 0.6) is 0 Å². The van der Waals surface area contributed by atoms with Crippen LogP contribution in [-0.2, 0) is 0 Å². The Balaban J connectivity index is 2.75. The van der Waals surface area contributed by atoms with Gasteiger partial charge in [0.25, 0.3) is 0 Å². The number of nitrogens with zero attached hydrogens (tertiary/aromatic N) is 1. The van der Waals surface area contributed by atoms with Crippen LogP contribution in [0.3, 0.4) is 0 Å². The average Bonchev–Trinajstić information content (AvgIpc) is 2.77. The van der Waals surface area contributed by atoms with Gasteiger partial charge in [0.1, 0.15) is 0 Å². The number of hydrogen-bond acceptors (Lipinski definition) is 0. The zero-order valence-electron chi connectivity index (χ0n) is 9.55. The van der Waals surface area contributed by atoms with Gasteiger partial charge in [0.05, 0.1) is 15.5 Å². The fourth-order valence-electron chi connectivity index (χ4n) is 2.30. The normalized spacial score (nSPS) is 11.4. The second-order valence-electron chi connectivity index (χ2n) is 4.05. The van der Waals surface area contributed by atoms with E-state index in [2.05, 4.69) is 87.0 Å². The molecule has 19 heavy (non-hydrogen) atoms. The Morgan fingerprint density at radius 2 is 1.53 bits per heavy atom. The molecule has 1 aromatic heterocycles. The van der Waals surface area contributed by atoms with Gasteiger partial charge in [-0.25, -0.2) is 0 Å². The van der Waals surface area contributed by atoms with Gasteiger partial charge in [-0.1, -0.05) is 24.8 Å². The highest BCUT2D eigenvalue weighted by atomic mass is 79.9. The van der Waals surface area contributed by atoms with Crippen LogP contribution in [-0.4, -0.2) is 4.57 Å². The molecule has 0 aliphatic carbocycles. The highest BCUT2D eigenvalue weighted by molar-refractivity contribution is 9.15. The van der Waals surface area contributed by atoms with Gasteiger partial charge in [-0.3, -0.25) is 0 Å². The second kappa shape index (κ2) is 5.02. The molecular formula is C14H7Br4N. The van der Waals surface area contributed by atoms with Gasteiger partial charge in [-0.2, -0.15) is 0 Å². The molecule has 0 unspecified atom stereocenters. The zero-order chi connectivity index (χ0) is 13.7. The Bertz CT molecular complexity index is 833. The summed E-state index contributed by atoms with van der Waals surface area (Å²) in [6.07, 6.45) is 1.84. The van der Waals surface area contributed by atoms with E-state index >= 15 is 0 Å². The van der Waals surface area contributed by atoms with Crippen LogP contribution in [0, 0.1) is 0 Å². The summed E-state index contributed by atoms with van der Waals surface area (Å²) < 4.78 is 6.12. The first-order valence-corrected chi connectivity index (χ1v) is 8.62. The fourth-order valence-corrected chi connectivity index (χ4v) is 4.80. The van der Waals surface area contributed by atoms with Crippen LogP contribution in [0.15, 0.2) is 48.7 Å². The number of halogens is 4. The van der Waals surface area contributed by atoms with Crippen molar-refractivity contribution in [2.45, 2.75) is 0 Å². The first-order chi connectivity index (χ1) is 9.07. The molecule has 0 spiro atoms. The Morgan fingerprint density at radius 3 is 2.21 bits per heavy atom. The SMILES string of the molecule is C=Cn1c2ccccc2c2c(Br)c(Br)c(Br)c(Br)c21. The number of benzene rings is 2. The van der Waals surface area contributed by atoms with Gasteiger partial charge in [-0.05, 0) is 69.8 Å². The van der Waals surface area contributed by atoms with Crippen molar-refractivity contribution in [2.24, 2.45) is 0 Å². The molecule has 0 bridgehead atoms. The molecule has 0 amide bonds. The molecule has 0 atom stereocenters. The first-order valence-electron chi connectivity index (χ1n) is 5.45. The Labute approximate surface area is 144 Å². The average molecular weight is 509 g/mol. The summed E-state index contributed by atoms with van der Waals surface area (Å²) in [4.78, 5) is 0. The van der Waals surface area contributed by atoms with Crippen LogP contribution < -0.4 is 0 Å². The smallest absolute Gasteiger partial charge is 0.0700 e. The molecular weight excluding hydrogens is 502 g/mol. The molecule has 1 heterocycles. The van der Waals surface area contributed by atoms with Crippen molar-refractivity contribution < 1.29 is 0 Å². The van der Waals surface area contributed by atoms with E-state index in [4.69, 9.17) is 0 Å². The van der Waals surface area contributed by atoms with Gasteiger partial charge < -0.3 is 4.57 Å². The predicted molar refractivity (Wildman–Crippen MR) is 96.6 cm³/mol. The monoisotopic (exact) mass is 505 g/mol. The highest BCUT2D eigenvalue weighted by Crippen LogP contribution is 2.47. The minimum absolute atomic E-state index is 0.984. The Hall–Kier alpha value is -0.100. The van der Waals surface area contributed by atoms with E-state index in [9.17, 15) is 0 Å². The predicted octanol–water partition coefficient (Wildman–Crippen LogP) is 6.95. The van der Waals surface area contributed by atoms with E-state index in [-0.39, 0.29) is 0 Å². The van der Waals surface area contributed by atoms with E-state index < -0.39 is 0 Å². The van der Waals surface area contributed by atoms with Gasteiger partial charge in [0.2, 0.25) is 0 Å². The third-order valence-electron chi connectivity index (χ3n) is 3.10. The van der Waals surface area contributed by atoms with E-state index in [1.54, 1.807) is 0 Å². The van der Waals surface area contributed by atoms with Crippen LogP contribution >= 0.6 is 63.7 Å². The van der Waals surface area contributed by atoms with Crippen molar-refractivity contribution in [3.8, 4) is 0 Å². The maximum absolute atomic E-state index is 3.93. The number of aromatic nitrogens is 1. The maximum atomic E-state index is 3.93. The largest absolute Gasteiger partial charge is 0.315 e. The minimum Gasteiger partial charge on any atom is -0.315 e. The number of hydrogen-bond donors (Lipinski definition) is 0. The second-order valence-corrected chi connectivity index (χ2v) is 7.22. The van der Waals surface area contributed by atoms with Crippen molar-refractivity contribution >= 4 is 91.7 Å². The lowest BCUT2D eigenvalue weighted by Crippen LogP contribution is -1.87. The molecule has 96 valence electrons. The van der Waals surface area contributed by atoms with Crippen molar-refractivity contribution in [1.29, 1.82) is 0 Å². The zero-order valence-corrected chi connectivity index (χ0v) is 15.9. The molecule has 0 radical (unpaired) electrons. The lowest BCUT2D eigenvalue weighted by Gasteiger charge is -2.08. The molecule has 1 nitrogen and oxygen atoms in total. The Morgan fingerprint density at radius 1 is 0.895 bits per heavy atom. The van der Waals surface area contributed by atoms with Crippen molar-refractivity contribution in [3.63, 3.8) is 0 Å². The van der Waals surface area contributed by atoms with Gasteiger partial charge in [-0.15, -0.1) is 0 Å². The molecule has 0 saturated heterocycles. The molecule has 5 heteroatoms. The van der Waals surface area contributed by atoms with Crippen LogP contribution in [0.1, 0.15) is 0 Å². The summed E-state index contributed by atoms with van der Waals surface area (Å²) in [6.45, 7) is 3.93. The van der Waals surface area contributed by atoms with Crippen LogP contribution in [0.25, 0.3) is 28.0 Å². The van der Waals surface area contributed by atoms with Crippen molar-refractivity contribution in [3.05, 3.63) is 48.7 Å². The summed E-state index contributed by atoms with van der Waals surface area (Å²) in [5.74, 6) is 0. The lowest BCUT2D eigenvalue weighted by molar-refractivity contribution is 1.28. The topological polar surface area (TPSA) is 4.93 Å². The van der Waals surface area contributed by atoms with Crippen LogP contribution in [0.4, 0.5) is 0 Å². The highest BCUT2D eigenvalue weighted by Gasteiger charge is 2.19. The standard InChI is InChI=1S/C14H7Br4N/c1-2-19-8-6-4-3-5-7(8)9-10(15)11(16)12(17)13(18)14(9)19/h2-6H,1H2. The quantitative estimate of drug-likeness (QED) is 0.248. The molecule has 3 rings (SSSR count). The van der Waals surface area contributed by atoms with E-state index in [1.165, 1.54) is 5.39 Å². The number of para-hydroxylation sites is 1. The summed E-state index contributed by atoms with van der Waals surface area (Å²) in [5, 5.41) is 2.36. The molecule has 0 aliphatic rings. The molecule has 0 N–H and O–H groups in total. The van der Waals surface area contributed by atoms with E-state index in [0.717, 1.165) is 34.3 Å². The van der Waals surface area contributed by atoms with Gasteiger partial charge in [0, 0.05) is 30.4 Å². The number of rotatable bonds is 1. The summed E-state index contributed by atoms with van der Waals surface area (Å²) in [6, 6.07) is 8.30. The summed E-state index contributed by atoms with van der Waals surface area (Å²) in [7, 11) is 0. The lowest BCUT2D eigenvalue weighted by atomic mass is 10.1. The third kappa shape index (κ3) is 1.89. The molecule has 2 aromatic carbocycles. The fraction of sp³-hybridized carbons (Fsp3) is 0. The Kier molecular flexibility index (Phi) is 3.67. The number of fused-ring (bicyclic) bond motifs is 3. The van der Waals surface area contributed by atoms with Gasteiger partial charge >= 0.3 is 0 Å². The van der Waals surface area contributed by atoms with Crippen LogP contribution in [0.2, 0.25) is 0 Å². The summed E-state index contributed by atoms with van der Waals surface area (Å²) >= 11 is 14.6.